The van der Waals surface area contributed by atoms with E-state index in [0.717, 1.165) is 4.31 Å². The second-order valence-corrected chi connectivity index (χ2v) is 7.88. The summed E-state index contributed by atoms with van der Waals surface area (Å²) < 4.78 is 25.7. The summed E-state index contributed by atoms with van der Waals surface area (Å²) in [6.07, 6.45) is 0.471. The number of carboxylic acid groups (broad SMARTS) is 1. The molecule has 0 atom stereocenters. The molecule has 112 valence electrons. The molecular formula is C14H21NO4S. The van der Waals surface area contributed by atoms with Crippen LogP contribution in [-0.2, 0) is 14.8 Å². The minimum atomic E-state index is -3.65. The number of rotatable bonds is 6. The zero-order valence-electron chi connectivity index (χ0n) is 12.0. The van der Waals surface area contributed by atoms with Gasteiger partial charge in [0.25, 0.3) is 0 Å². The van der Waals surface area contributed by atoms with Crippen molar-refractivity contribution < 1.29 is 18.3 Å². The van der Waals surface area contributed by atoms with Crippen LogP contribution in [0.1, 0.15) is 27.2 Å². The van der Waals surface area contributed by atoms with Crippen molar-refractivity contribution in [3.05, 3.63) is 30.3 Å². The van der Waals surface area contributed by atoms with Crippen LogP contribution in [0.4, 0.5) is 5.69 Å². The van der Waals surface area contributed by atoms with Crippen molar-refractivity contribution in [3.63, 3.8) is 0 Å². The quantitative estimate of drug-likeness (QED) is 0.875. The van der Waals surface area contributed by atoms with Gasteiger partial charge in [-0.2, -0.15) is 0 Å². The Morgan fingerprint density at radius 1 is 1.20 bits per heavy atom. The fourth-order valence-electron chi connectivity index (χ4n) is 1.61. The number of sulfonamides is 1. The molecule has 20 heavy (non-hydrogen) atoms. The van der Waals surface area contributed by atoms with E-state index in [0.29, 0.717) is 12.1 Å². The number of carboxylic acids is 1. The zero-order valence-corrected chi connectivity index (χ0v) is 12.9. The topological polar surface area (TPSA) is 74.7 Å². The second kappa shape index (κ2) is 6.26. The monoisotopic (exact) mass is 299 g/mol. The lowest BCUT2D eigenvalue weighted by Crippen LogP contribution is -2.38. The van der Waals surface area contributed by atoms with Crippen molar-refractivity contribution in [2.24, 2.45) is 5.41 Å². The molecule has 0 aliphatic carbocycles. The van der Waals surface area contributed by atoms with E-state index in [9.17, 15) is 13.2 Å². The summed E-state index contributed by atoms with van der Waals surface area (Å²) in [5, 5.41) is 8.93. The van der Waals surface area contributed by atoms with Gasteiger partial charge in [-0.3, -0.25) is 9.10 Å². The fraction of sp³-hybridized carbons (Fsp3) is 0.500. The second-order valence-electron chi connectivity index (χ2n) is 5.86. The van der Waals surface area contributed by atoms with Crippen LogP contribution in [0.2, 0.25) is 0 Å². The number of para-hydroxylation sites is 1. The van der Waals surface area contributed by atoms with Crippen LogP contribution in [0.25, 0.3) is 0 Å². The standard InChI is InChI=1S/C14H21NO4S/c1-14(2,3)9-10-20(18,19)15(11-13(16)17)12-7-5-4-6-8-12/h4-8H,9-11H2,1-3H3,(H,16,17). The average Bonchev–Trinajstić information content (AvgIpc) is 2.34. The summed E-state index contributed by atoms with van der Waals surface area (Å²) in [6, 6.07) is 8.31. The van der Waals surface area contributed by atoms with Crippen LogP contribution in [0, 0.1) is 5.41 Å². The van der Waals surface area contributed by atoms with E-state index >= 15 is 0 Å². The Labute approximate surface area is 120 Å². The Hall–Kier alpha value is -1.56. The van der Waals surface area contributed by atoms with Gasteiger partial charge in [-0.15, -0.1) is 0 Å². The number of carbonyl (C=O) groups is 1. The van der Waals surface area contributed by atoms with Gasteiger partial charge in [0.05, 0.1) is 11.4 Å². The van der Waals surface area contributed by atoms with E-state index in [2.05, 4.69) is 0 Å². The van der Waals surface area contributed by atoms with Gasteiger partial charge in [-0.25, -0.2) is 8.42 Å². The van der Waals surface area contributed by atoms with Gasteiger partial charge in [0, 0.05) is 0 Å². The molecule has 0 unspecified atom stereocenters. The first-order valence-corrected chi connectivity index (χ1v) is 8.00. The molecule has 0 spiro atoms. The summed E-state index contributed by atoms with van der Waals surface area (Å²) in [7, 11) is -3.65. The summed E-state index contributed by atoms with van der Waals surface area (Å²) in [5.41, 5.74) is 0.252. The van der Waals surface area contributed by atoms with Crippen LogP contribution < -0.4 is 4.31 Å². The van der Waals surface area contributed by atoms with Crippen LogP contribution >= 0.6 is 0 Å². The maximum absolute atomic E-state index is 12.4. The molecule has 6 heteroatoms. The Morgan fingerprint density at radius 2 is 1.75 bits per heavy atom. The van der Waals surface area contributed by atoms with Gasteiger partial charge in [0.1, 0.15) is 6.54 Å². The van der Waals surface area contributed by atoms with Crippen LogP contribution in [0.3, 0.4) is 0 Å². The number of anilines is 1. The maximum atomic E-state index is 12.4. The van der Waals surface area contributed by atoms with Crippen molar-refractivity contribution in [1.82, 2.24) is 0 Å². The van der Waals surface area contributed by atoms with E-state index in [4.69, 9.17) is 5.11 Å². The van der Waals surface area contributed by atoms with E-state index < -0.39 is 22.5 Å². The summed E-state index contributed by atoms with van der Waals surface area (Å²) in [5.74, 6) is -1.24. The van der Waals surface area contributed by atoms with Gasteiger partial charge in [-0.05, 0) is 24.0 Å². The zero-order chi connectivity index (χ0) is 15.4. The maximum Gasteiger partial charge on any atom is 0.324 e. The Bertz CT molecular complexity index is 546. The van der Waals surface area contributed by atoms with E-state index in [-0.39, 0.29) is 11.2 Å². The van der Waals surface area contributed by atoms with E-state index in [1.165, 1.54) is 0 Å². The number of benzene rings is 1. The molecule has 1 rings (SSSR count). The van der Waals surface area contributed by atoms with Crippen LogP contribution in [0.5, 0.6) is 0 Å². The van der Waals surface area contributed by atoms with E-state index in [1.54, 1.807) is 30.3 Å². The predicted molar refractivity (Wildman–Crippen MR) is 79.3 cm³/mol. The molecule has 0 aliphatic rings. The lowest BCUT2D eigenvalue weighted by Gasteiger charge is -2.25. The first-order chi connectivity index (χ1) is 9.12. The molecule has 0 amide bonds. The van der Waals surface area contributed by atoms with Gasteiger partial charge < -0.3 is 5.11 Å². The first-order valence-electron chi connectivity index (χ1n) is 6.39. The van der Waals surface area contributed by atoms with Gasteiger partial charge in [-0.1, -0.05) is 39.0 Å². The normalized spacial score (nSPS) is 12.2. The third-order valence-electron chi connectivity index (χ3n) is 2.77. The molecule has 0 aromatic heterocycles. The predicted octanol–water partition coefficient (Wildman–Crippen LogP) is 2.34. The first kappa shape index (κ1) is 16.5. The highest BCUT2D eigenvalue weighted by Crippen LogP contribution is 2.23. The molecule has 0 fully saturated rings. The third kappa shape index (κ3) is 5.21. The molecule has 5 nitrogen and oxygen atoms in total. The smallest absolute Gasteiger partial charge is 0.324 e. The molecule has 0 aliphatic heterocycles. The van der Waals surface area contributed by atoms with Crippen molar-refractivity contribution in [2.75, 3.05) is 16.6 Å². The molecular weight excluding hydrogens is 278 g/mol. The minimum Gasteiger partial charge on any atom is -0.480 e. The molecule has 0 saturated heterocycles. The molecule has 0 saturated carbocycles. The summed E-state index contributed by atoms with van der Waals surface area (Å²) in [4.78, 5) is 10.9. The number of aliphatic carboxylic acids is 1. The highest BCUT2D eigenvalue weighted by molar-refractivity contribution is 7.92. The minimum absolute atomic E-state index is 0.0708. The summed E-state index contributed by atoms with van der Waals surface area (Å²) >= 11 is 0. The van der Waals surface area contributed by atoms with Gasteiger partial charge in [0.2, 0.25) is 10.0 Å². The van der Waals surface area contributed by atoms with Gasteiger partial charge >= 0.3 is 5.97 Å². The van der Waals surface area contributed by atoms with Gasteiger partial charge in [0.15, 0.2) is 0 Å². The van der Waals surface area contributed by atoms with Crippen LogP contribution in [0.15, 0.2) is 30.3 Å². The fourth-order valence-corrected chi connectivity index (χ4v) is 3.45. The lowest BCUT2D eigenvalue weighted by molar-refractivity contribution is -0.135. The van der Waals surface area contributed by atoms with E-state index in [1.807, 2.05) is 20.8 Å². The van der Waals surface area contributed by atoms with Crippen LogP contribution in [-0.4, -0.2) is 31.8 Å². The molecule has 1 N–H and O–H groups in total. The summed E-state index contributed by atoms with van der Waals surface area (Å²) in [6.45, 7) is 5.29. The highest BCUT2D eigenvalue weighted by atomic mass is 32.2. The lowest BCUT2D eigenvalue weighted by atomic mass is 9.94. The molecule has 0 radical (unpaired) electrons. The number of nitrogens with zero attached hydrogens (tertiary/aromatic N) is 1. The molecule has 0 heterocycles. The molecule has 1 aromatic rings. The Kier molecular flexibility index (Phi) is 5.16. The average molecular weight is 299 g/mol. The highest BCUT2D eigenvalue weighted by Gasteiger charge is 2.26. The third-order valence-corrected chi connectivity index (χ3v) is 4.50. The molecule has 1 aromatic carbocycles. The Balaban J connectivity index is 3.02. The van der Waals surface area contributed by atoms with Crippen molar-refractivity contribution in [2.45, 2.75) is 27.2 Å². The van der Waals surface area contributed by atoms with Crippen molar-refractivity contribution in [1.29, 1.82) is 0 Å². The number of hydrogen-bond donors (Lipinski definition) is 1. The molecule has 0 bridgehead atoms. The van der Waals surface area contributed by atoms with Crippen molar-refractivity contribution in [3.8, 4) is 0 Å². The van der Waals surface area contributed by atoms with Crippen molar-refractivity contribution >= 4 is 21.7 Å². The number of hydrogen-bond acceptors (Lipinski definition) is 3. The largest absolute Gasteiger partial charge is 0.480 e. The Morgan fingerprint density at radius 3 is 2.20 bits per heavy atom. The SMILES string of the molecule is CC(C)(C)CCS(=O)(=O)N(CC(=O)O)c1ccccc1.